The first kappa shape index (κ1) is 21.6. The van der Waals surface area contributed by atoms with Crippen molar-refractivity contribution in [3.05, 3.63) is 53.6 Å². The zero-order chi connectivity index (χ0) is 22.9. The van der Waals surface area contributed by atoms with E-state index >= 15 is 0 Å². The Labute approximate surface area is 195 Å². The molecule has 33 heavy (non-hydrogen) atoms. The summed E-state index contributed by atoms with van der Waals surface area (Å²) in [5.74, 6) is 1.10. The molecule has 1 heterocycles. The van der Waals surface area contributed by atoms with E-state index in [2.05, 4.69) is 22.4 Å². The van der Waals surface area contributed by atoms with Gasteiger partial charge in [0.2, 0.25) is 0 Å². The van der Waals surface area contributed by atoms with E-state index in [1.165, 1.54) is 6.42 Å². The lowest BCUT2D eigenvalue weighted by molar-refractivity contribution is 0.108. The van der Waals surface area contributed by atoms with Crippen LogP contribution in [0.4, 0.5) is 16.2 Å². The Morgan fingerprint density at radius 3 is 2.55 bits per heavy atom. The molecule has 2 aliphatic carbocycles. The predicted molar refractivity (Wildman–Crippen MR) is 128 cm³/mol. The van der Waals surface area contributed by atoms with Crippen molar-refractivity contribution in [2.45, 2.75) is 70.1 Å². The van der Waals surface area contributed by atoms with Crippen molar-refractivity contribution in [3.63, 3.8) is 0 Å². The maximum atomic E-state index is 12.2. The molecule has 0 spiro atoms. The third-order valence-corrected chi connectivity index (χ3v) is 7.23. The topological polar surface area (TPSA) is 74.6 Å². The number of nitrogens with zero attached hydrogens (tertiary/aromatic N) is 2. The normalized spacial score (nSPS) is 22.6. The van der Waals surface area contributed by atoms with Crippen molar-refractivity contribution < 1.29 is 14.3 Å². The lowest BCUT2D eigenvalue weighted by Crippen LogP contribution is -2.41. The van der Waals surface area contributed by atoms with Crippen molar-refractivity contribution in [3.8, 4) is 11.8 Å². The maximum absolute atomic E-state index is 12.2. The molecular weight excluding hydrogens is 414 g/mol. The minimum Gasteiger partial charge on any atom is -0.494 e. The fraction of sp³-hybridized carbons (Fsp3) is 0.481. The molecule has 2 saturated carbocycles. The number of carbonyl (C=O) groups excluding carboxylic acids is 1. The Morgan fingerprint density at radius 1 is 1.18 bits per heavy atom. The smallest absolute Gasteiger partial charge is 0.411 e. The third-order valence-electron chi connectivity index (χ3n) is 7.23. The Morgan fingerprint density at radius 2 is 1.94 bits per heavy atom. The molecule has 6 heteroatoms. The Hall–Kier alpha value is -3.20. The van der Waals surface area contributed by atoms with E-state index in [0.717, 1.165) is 48.2 Å². The number of anilines is 2. The number of nitrogens with one attached hydrogen (secondary N) is 1. The van der Waals surface area contributed by atoms with Gasteiger partial charge in [0.25, 0.3) is 0 Å². The minimum absolute atomic E-state index is 0.0460. The van der Waals surface area contributed by atoms with Crippen molar-refractivity contribution in [1.29, 1.82) is 5.26 Å². The van der Waals surface area contributed by atoms with Crippen LogP contribution in [-0.2, 0) is 4.74 Å². The first-order valence-corrected chi connectivity index (χ1v) is 12.1. The molecule has 1 amide bonds. The number of fused-ring (bicyclic) bond motifs is 1. The van der Waals surface area contributed by atoms with Gasteiger partial charge in [-0.25, -0.2) is 4.79 Å². The molecule has 0 aromatic heterocycles. The second-order valence-corrected chi connectivity index (χ2v) is 9.39. The molecule has 1 N–H and O–H groups in total. The summed E-state index contributed by atoms with van der Waals surface area (Å²) in [6.07, 6.45) is 5.30. The highest BCUT2D eigenvalue weighted by Gasteiger charge is 2.44. The summed E-state index contributed by atoms with van der Waals surface area (Å²) in [6, 6.07) is 16.9. The molecule has 0 bridgehead atoms. The van der Waals surface area contributed by atoms with Gasteiger partial charge in [-0.05, 0) is 81.2 Å². The van der Waals surface area contributed by atoms with Gasteiger partial charge in [0.05, 0.1) is 24.6 Å². The van der Waals surface area contributed by atoms with Gasteiger partial charge in [-0.2, -0.15) is 5.26 Å². The molecule has 3 aliphatic rings. The van der Waals surface area contributed by atoms with E-state index in [-0.39, 0.29) is 18.1 Å². The summed E-state index contributed by atoms with van der Waals surface area (Å²) < 4.78 is 11.2. The van der Waals surface area contributed by atoms with Gasteiger partial charge in [-0.15, -0.1) is 0 Å². The summed E-state index contributed by atoms with van der Waals surface area (Å²) in [6.45, 7) is 4.55. The van der Waals surface area contributed by atoms with E-state index < -0.39 is 6.09 Å². The summed E-state index contributed by atoms with van der Waals surface area (Å²) in [7, 11) is 0. The van der Waals surface area contributed by atoms with Gasteiger partial charge in [0, 0.05) is 23.5 Å². The number of amides is 1. The first-order chi connectivity index (χ1) is 16.1. The number of ether oxygens (including phenoxy) is 2. The summed E-state index contributed by atoms with van der Waals surface area (Å²) in [4.78, 5) is 14.7. The maximum Gasteiger partial charge on any atom is 0.411 e. The lowest BCUT2D eigenvalue weighted by atomic mass is 9.87. The quantitative estimate of drug-likeness (QED) is 0.553. The largest absolute Gasteiger partial charge is 0.494 e. The van der Waals surface area contributed by atoms with Crippen molar-refractivity contribution in [2.75, 3.05) is 16.8 Å². The highest BCUT2D eigenvalue weighted by Crippen LogP contribution is 2.53. The van der Waals surface area contributed by atoms with Crippen LogP contribution in [-0.4, -0.2) is 24.8 Å². The van der Waals surface area contributed by atoms with Gasteiger partial charge < -0.3 is 14.4 Å². The van der Waals surface area contributed by atoms with Crippen molar-refractivity contribution >= 4 is 17.5 Å². The third kappa shape index (κ3) is 4.25. The van der Waals surface area contributed by atoms with Crippen LogP contribution in [0.1, 0.15) is 69.0 Å². The van der Waals surface area contributed by atoms with Crippen LogP contribution in [0.25, 0.3) is 0 Å². The number of carbonyl (C=O) groups is 1. The van der Waals surface area contributed by atoms with E-state index in [9.17, 15) is 10.1 Å². The molecule has 3 atom stereocenters. The van der Waals surface area contributed by atoms with Gasteiger partial charge in [0.15, 0.2) is 0 Å². The molecule has 0 radical (unpaired) electrons. The zero-order valence-corrected chi connectivity index (χ0v) is 19.3. The fourth-order valence-electron chi connectivity index (χ4n) is 5.07. The number of hydrogen-bond acceptors (Lipinski definition) is 5. The highest BCUT2D eigenvalue weighted by molar-refractivity contribution is 5.84. The summed E-state index contributed by atoms with van der Waals surface area (Å²) in [5, 5.41) is 13.0. The molecule has 6 nitrogen and oxygen atoms in total. The average molecular weight is 446 g/mol. The number of rotatable bonds is 7. The van der Waals surface area contributed by atoms with Crippen molar-refractivity contribution in [2.24, 2.45) is 5.92 Å². The van der Waals surface area contributed by atoms with Crippen LogP contribution in [0, 0.1) is 17.2 Å². The molecule has 2 fully saturated rings. The molecule has 2 aromatic carbocycles. The highest BCUT2D eigenvalue weighted by atomic mass is 16.6. The molecule has 0 saturated heterocycles. The number of nitriles is 1. The minimum atomic E-state index is -0.412. The Balaban J connectivity index is 1.38. The van der Waals surface area contributed by atoms with Crippen LogP contribution in [0.3, 0.4) is 0 Å². The van der Waals surface area contributed by atoms with Crippen LogP contribution >= 0.6 is 0 Å². The van der Waals surface area contributed by atoms with Crippen LogP contribution in [0.5, 0.6) is 5.75 Å². The van der Waals surface area contributed by atoms with Crippen LogP contribution in [0.2, 0.25) is 0 Å². The lowest BCUT2D eigenvalue weighted by Gasteiger charge is -2.41. The SMILES string of the molecule is CCOc1ccc2c(c1)N(C1CCC1)C(c1ccc(NC(=O)OC(C)C3CC3)cc1)C2C#N. The van der Waals surface area contributed by atoms with E-state index in [1.54, 1.807) is 0 Å². The number of benzene rings is 2. The van der Waals surface area contributed by atoms with Gasteiger partial charge in [0.1, 0.15) is 11.9 Å². The second-order valence-electron chi connectivity index (χ2n) is 9.39. The average Bonchev–Trinajstić information content (AvgIpc) is 3.57. The van der Waals surface area contributed by atoms with Gasteiger partial charge in [-0.1, -0.05) is 18.2 Å². The molecule has 172 valence electrons. The Bertz CT molecular complexity index is 1050. The van der Waals surface area contributed by atoms with Gasteiger partial charge in [-0.3, -0.25) is 5.32 Å². The molecule has 2 aromatic rings. The van der Waals surface area contributed by atoms with Crippen LogP contribution in [0.15, 0.2) is 42.5 Å². The van der Waals surface area contributed by atoms with Gasteiger partial charge >= 0.3 is 6.09 Å². The van der Waals surface area contributed by atoms with E-state index in [0.29, 0.717) is 24.3 Å². The Kier molecular flexibility index (Phi) is 5.88. The molecule has 3 unspecified atom stereocenters. The molecule has 1 aliphatic heterocycles. The number of hydrogen-bond donors (Lipinski definition) is 1. The fourth-order valence-corrected chi connectivity index (χ4v) is 5.07. The monoisotopic (exact) mass is 445 g/mol. The van der Waals surface area contributed by atoms with E-state index in [4.69, 9.17) is 9.47 Å². The predicted octanol–water partition coefficient (Wildman–Crippen LogP) is 6.15. The zero-order valence-electron chi connectivity index (χ0n) is 19.3. The first-order valence-electron chi connectivity index (χ1n) is 12.1. The summed E-state index contributed by atoms with van der Waals surface area (Å²) in [5.41, 5.74) is 3.96. The van der Waals surface area contributed by atoms with Crippen LogP contribution < -0.4 is 15.0 Å². The van der Waals surface area contributed by atoms with Crippen molar-refractivity contribution in [1.82, 2.24) is 0 Å². The van der Waals surface area contributed by atoms with E-state index in [1.807, 2.05) is 50.2 Å². The molecular formula is C27H31N3O3. The summed E-state index contributed by atoms with van der Waals surface area (Å²) >= 11 is 0. The molecule has 5 rings (SSSR count). The second kappa shape index (κ2) is 8.97. The standard InChI is InChI=1S/C27H31N3O3/c1-3-32-22-13-14-23-24(16-28)26(30(25(23)15-22)21-5-4-6-21)19-9-11-20(12-10-19)29-27(31)33-17(2)18-7-8-18/h9-15,17-18,21,24,26H,3-8H2,1-2H3,(H,29,31).